The monoisotopic (exact) mass is 386 g/mol. The molecular formula is C20H27FN6O. The molecular weight excluding hydrogens is 359 g/mol. The van der Waals surface area contributed by atoms with E-state index in [9.17, 15) is 9.18 Å². The molecule has 0 spiro atoms. The average molecular weight is 386 g/mol. The van der Waals surface area contributed by atoms with E-state index in [2.05, 4.69) is 20.7 Å². The minimum Gasteiger partial charge on any atom is -0.367 e. The Bertz CT molecular complexity index is 838. The highest BCUT2D eigenvalue weighted by Crippen LogP contribution is 2.23. The Kier molecular flexibility index (Phi) is 5.45. The summed E-state index contributed by atoms with van der Waals surface area (Å²) in [4.78, 5) is 19.0. The van der Waals surface area contributed by atoms with E-state index in [1.165, 1.54) is 6.07 Å². The van der Waals surface area contributed by atoms with E-state index in [1.807, 2.05) is 22.6 Å². The van der Waals surface area contributed by atoms with Gasteiger partial charge in [0.15, 0.2) is 5.82 Å². The number of hydrogen-bond acceptors (Lipinski definition) is 4. The SMILES string of the molecule is CCc1nc2n(n1)CC(NC(=O)NC1CCCN(c3ccccc3F)C1)CC2. The highest BCUT2D eigenvalue weighted by molar-refractivity contribution is 5.74. The molecule has 2 aliphatic heterocycles. The van der Waals surface area contributed by atoms with Gasteiger partial charge in [0.05, 0.1) is 18.3 Å². The van der Waals surface area contributed by atoms with E-state index in [4.69, 9.17) is 0 Å². The van der Waals surface area contributed by atoms with Crippen molar-refractivity contribution >= 4 is 11.7 Å². The third-order valence-corrected chi connectivity index (χ3v) is 5.50. The lowest BCUT2D eigenvalue weighted by Crippen LogP contribution is -2.53. The van der Waals surface area contributed by atoms with Crippen LogP contribution in [-0.2, 0) is 19.4 Å². The van der Waals surface area contributed by atoms with Crippen molar-refractivity contribution in [3.8, 4) is 0 Å². The van der Waals surface area contributed by atoms with Crippen LogP contribution in [-0.4, -0.2) is 46.0 Å². The van der Waals surface area contributed by atoms with Crippen molar-refractivity contribution in [3.63, 3.8) is 0 Å². The lowest BCUT2D eigenvalue weighted by molar-refractivity contribution is 0.226. The van der Waals surface area contributed by atoms with Gasteiger partial charge in [0, 0.05) is 32.0 Å². The Morgan fingerprint density at radius 3 is 2.79 bits per heavy atom. The quantitative estimate of drug-likeness (QED) is 0.845. The van der Waals surface area contributed by atoms with E-state index >= 15 is 0 Å². The van der Waals surface area contributed by atoms with E-state index in [0.29, 0.717) is 18.8 Å². The first-order chi connectivity index (χ1) is 13.6. The van der Waals surface area contributed by atoms with Gasteiger partial charge in [-0.15, -0.1) is 0 Å². The zero-order valence-corrected chi connectivity index (χ0v) is 16.2. The number of piperidine rings is 1. The first kappa shape index (κ1) is 18.7. The number of para-hydroxylation sites is 1. The molecule has 8 heteroatoms. The molecule has 2 aliphatic rings. The number of anilines is 1. The Morgan fingerprint density at radius 2 is 2.00 bits per heavy atom. The molecule has 1 fully saturated rings. The normalized spacial score (nSPS) is 21.9. The summed E-state index contributed by atoms with van der Waals surface area (Å²) in [6.07, 6.45) is 4.32. The second-order valence-corrected chi connectivity index (χ2v) is 7.57. The number of fused-ring (bicyclic) bond motifs is 1. The van der Waals surface area contributed by atoms with Crippen molar-refractivity contribution in [3.05, 3.63) is 41.7 Å². The van der Waals surface area contributed by atoms with Crippen molar-refractivity contribution < 1.29 is 9.18 Å². The number of nitrogens with zero attached hydrogens (tertiary/aromatic N) is 4. The van der Waals surface area contributed by atoms with Gasteiger partial charge in [-0.05, 0) is 31.4 Å². The van der Waals surface area contributed by atoms with E-state index in [-0.39, 0.29) is 23.9 Å². The molecule has 0 radical (unpaired) electrons. The fourth-order valence-electron chi connectivity index (χ4n) is 4.06. The minimum atomic E-state index is -0.218. The summed E-state index contributed by atoms with van der Waals surface area (Å²) < 4.78 is 16.0. The van der Waals surface area contributed by atoms with Gasteiger partial charge in [0.1, 0.15) is 11.6 Å². The van der Waals surface area contributed by atoms with Crippen LogP contribution in [0.4, 0.5) is 14.9 Å². The second-order valence-electron chi connectivity index (χ2n) is 7.57. The highest BCUT2D eigenvalue weighted by Gasteiger charge is 2.26. The maximum atomic E-state index is 14.1. The summed E-state index contributed by atoms with van der Waals surface area (Å²) in [5.74, 6) is 1.64. The van der Waals surface area contributed by atoms with Gasteiger partial charge in [-0.3, -0.25) is 0 Å². The van der Waals surface area contributed by atoms with Crippen molar-refractivity contribution in [1.29, 1.82) is 0 Å². The molecule has 2 amide bonds. The summed E-state index contributed by atoms with van der Waals surface area (Å²) in [5, 5.41) is 10.6. The molecule has 1 saturated heterocycles. The van der Waals surface area contributed by atoms with Gasteiger partial charge >= 0.3 is 6.03 Å². The fraction of sp³-hybridized carbons (Fsp3) is 0.550. The molecule has 28 heavy (non-hydrogen) atoms. The number of nitrogens with one attached hydrogen (secondary N) is 2. The zero-order valence-electron chi connectivity index (χ0n) is 16.2. The third kappa shape index (κ3) is 4.10. The Morgan fingerprint density at radius 1 is 1.21 bits per heavy atom. The molecule has 4 rings (SSSR count). The van der Waals surface area contributed by atoms with Crippen molar-refractivity contribution in [2.45, 2.75) is 57.7 Å². The molecule has 0 bridgehead atoms. The number of halogens is 1. The standard InChI is InChI=1S/C20H27FN6O/c1-2-18-24-19-10-9-15(13-27(19)25-18)23-20(28)22-14-6-5-11-26(12-14)17-8-4-3-7-16(17)21/h3-4,7-8,14-15H,2,5-6,9-13H2,1H3,(H2,22,23,28). The molecule has 0 saturated carbocycles. The maximum absolute atomic E-state index is 14.1. The zero-order chi connectivity index (χ0) is 19.5. The van der Waals surface area contributed by atoms with Gasteiger partial charge in [-0.25, -0.2) is 18.9 Å². The summed E-state index contributed by atoms with van der Waals surface area (Å²) in [5.41, 5.74) is 0.604. The van der Waals surface area contributed by atoms with Crippen LogP contribution in [0.2, 0.25) is 0 Å². The van der Waals surface area contributed by atoms with Crippen LogP contribution < -0.4 is 15.5 Å². The summed E-state index contributed by atoms with van der Waals surface area (Å²) in [6, 6.07) is 6.69. The van der Waals surface area contributed by atoms with Gasteiger partial charge in [-0.2, -0.15) is 5.10 Å². The third-order valence-electron chi connectivity index (χ3n) is 5.50. The predicted octanol–water partition coefficient (Wildman–Crippen LogP) is 2.26. The number of aromatic nitrogens is 3. The lowest BCUT2D eigenvalue weighted by atomic mass is 10.0. The summed E-state index contributed by atoms with van der Waals surface area (Å²) in [7, 11) is 0. The maximum Gasteiger partial charge on any atom is 0.315 e. The van der Waals surface area contributed by atoms with Crippen molar-refractivity contribution in [1.82, 2.24) is 25.4 Å². The van der Waals surface area contributed by atoms with Crippen molar-refractivity contribution in [2.75, 3.05) is 18.0 Å². The van der Waals surface area contributed by atoms with E-state index < -0.39 is 0 Å². The Balaban J connectivity index is 1.31. The van der Waals surface area contributed by atoms with Crippen LogP contribution in [0, 0.1) is 5.82 Å². The number of urea groups is 1. The second kappa shape index (κ2) is 8.16. The van der Waals surface area contributed by atoms with E-state index in [1.54, 1.807) is 12.1 Å². The number of aryl methyl sites for hydroxylation is 2. The van der Waals surface area contributed by atoms with Crippen LogP contribution in [0.3, 0.4) is 0 Å². The minimum absolute atomic E-state index is 0.00516. The Hall–Kier alpha value is -2.64. The number of rotatable bonds is 4. The average Bonchev–Trinajstić information content (AvgIpc) is 3.11. The molecule has 2 unspecified atom stereocenters. The molecule has 2 aromatic rings. The number of amides is 2. The first-order valence-electron chi connectivity index (χ1n) is 10.1. The van der Waals surface area contributed by atoms with Crippen LogP contribution in [0.25, 0.3) is 0 Å². The topological polar surface area (TPSA) is 75.1 Å². The summed E-state index contributed by atoms with van der Waals surface area (Å²) in [6.45, 7) is 4.12. The van der Waals surface area contributed by atoms with Crippen LogP contribution in [0.1, 0.15) is 37.8 Å². The largest absolute Gasteiger partial charge is 0.367 e. The van der Waals surface area contributed by atoms with Crippen LogP contribution in [0.15, 0.2) is 24.3 Å². The van der Waals surface area contributed by atoms with E-state index in [0.717, 1.165) is 50.3 Å². The van der Waals surface area contributed by atoms with Gasteiger partial charge in [0.2, 0.25) is 0 Å². The van der Waals surface area contributed by atoms with Gasteiger partial charge in [0.25, 0.3) is 0 Å². The van der Waals surface area contributed by atoms with Crippen molar-refractivity contribution in [2.24, 2.45) is 0 Å². The smallest absolute Gasteiger partial charge is 0.315 e. The van der Waals surface area contributed by atoms with Crippen LogP contribution in [0.5, 0.6) is 0 Å². The number of carbonyl (C=O) groups is 1. The molecule has 3 heterocycles. The number of carbonyl (C=O) groups excluding carboxylic acids is 1. The number of hydrogen-bond donors (Lipinski definition) is 2. The highest BCUT2D eigenvalue weighted by atomic mass is 19.1. The molecule has 2 atom stereocenters. The van der Waals surface area contributed by atoms with Gasteiger partial charge in [-0.1, -0.05) is 19.1 Å². The molecule has 7 nitrogen and oxygen atoms in total. The Labute approximate surface area is 164 Å². The molecule has 0 aliphatic carbocycles. The summed E-state index contributed by atoms with van der Waals surface area (Å²) >= 11 is 0. The molecule has 150 valence electrons. The fourth-order valence-corrected chi connectivity index (χ4v) is 4.06. The molecule has 1 aromatic carbocycles. The lowest BCUT2D eigenvalue weighted by Gasteiger charge is -2.35. The predicted molar refractivity (Wildman–Crippen MR) is 105 cm³/mol. The first-order valence-corrected chi connectivity index (χ1v) is 10.1. The molecule has 1 aromatic heterocycles. The number of benzene rings is 1. The van der Waals surface area contributed by atoms with Gasteiger partial charge < -0.3 is 15.5 Å². The van der Waals surface area contributed by atoms with Crippen LogP contribution >= 0.6 is 0 Å². The molecule has 2 N–H and O–H groups in total.